The van der Waals surface area contributed by atoms with Crippen LogP contribution in [0.25, 0.3) is 132 Å². The van der Waals surface area contributed by atoms with Crippen LogP contribution in [0.5, 0.6) is 5.75 Å². The number of fused-ring (bicyclic) bond motifs is 14. The molecule has 0 saturated heterocycles. The van der Waals surface area contributed by atoms with Gasteiger partial charge in [0.25, 0.3) is 0 Å². The molecule has 1 aliphatic carbocycles. The molecule has 0 amide bonds. The summed E-state index contributed by atoms with van der Waals surface area (Å²) in [6, 6.07) is 97.3. The Bertz CT molecular complexity index is 5760. The molecule has 0 radical (unpaired) electrons. The molecule has 0 bridgehead atoms. The number of ether oxygens (including phenoxy) is 1. The summed E-state index contributed by atoms with van der Waals surface area (Å²) in [4.78, 5) is 0. The van der Waals surface area contributed by atoms with Gasteiger partial charge in [0.05, 0.1) is 44.1 Å². The van der Waals surface area contributed by atoms with Crippen LogP contribution in [0, 0.1) is 0 Å². The molecule has 0 N–H and O–H groups in total. The highest BCUT2D eigenvalue weighted by atomic mass is 16.5. The van der Waals surface area contributed by atoms with E-state index in [-0.39, 0.29) is 30.5 Å². The highest BCUT2D eigenvalue weighted by Crippen LogP contribution is 2.45. The molecule has 0 spiro atoms. The van der Waals surface area contributed by atoms with E-state index in [2.05, 4.69) is 339 Å². The maximum Gasteiger partial charge on any atom is 0.226 e. The maximum absolute atomic E-state index is 7.38. The monoisotopic (exact) mass is 1200 g/mol. The number of hydrogen-bond acceptors (Lipinski definition) is 1. The Balaban J connectivity index is 0.785. The van der Waals surface area contributed by atoms with E-state index in [0.29, 0.717) is 5.92 Å². The van der Waals surface area contributed by atoms with Crippen molar-refractivity contribution in [1.82, 2.24) is 18.3 Å². The van der Waals surface area contributed by atoms with Gasteiger partial charge in [0.15, 0.2) is 0 Å². The van der Waals surface area contributed by atoms with Gasteiger partial charge in [-0.2, -0.15) is 0 Å². The number of hydrogen-bond donors (Lipinski definition) is 0. The molecule has 2 atom stereocenters. The van der Waals surface area contributed by atoms with Gasteiger partial charge in [-0.1, -0.05) is 199 Å². The van der Waals surface area contributed by atoms with Crippen molar-refractivity contribution in [2.45, 2.75) is 71.2 Å². The Hall–Kier alpha value is -10.8. The molecule has 2 unspecified atom stereocenters. The van der Waals surface area contributed by atoms with Crippen LogP contribution in [0.1, 0.15) is 76.0 Å². The highest BCUT2D eigenvalue weighted by Gasteiger charge is 2.44. The molecule has 4 aromatic heterocycles. The second-order valence-corrected chi connectivity index (χ2v) is 26.9. The zero-order valence-corrected chi connectivity index (χ0v) is 53.2. The van der Waals surface area contributed by atoms with E-state index in [1.54, 1.807) is 0 Å². The molecular weight excluding hydrogens is 1130 g/mol. The minimum Gasteiger partial charge on any atom is -0.487 e. The smallest absolute Gasteiger partial charge is 0.226 e. The minimum absolute atomic E-state index is 0.0282. The average molecular weight is 1200 g/mol. The molecule has 16 aromatic rings. The minimum atomic E-state index is -0.190. The standard InChI is InChI=1S/C87H69BN4O/c1-53(2)60-49-69(54(3)4)87(70(50-60)55(5)6)88-75-51-63(91-79-31-19-15-27-67(79)73-47-58(35-41-83(73)91)56-33-39-81-71(45-56)65-25-13-17-29-77(65)89(81)61-21-9-7-10-22-61)37-43-85(75)93-86-44-38-64(52-76(86)88)92-80-32-20-16-28-68(80)74-48-59(36-42-84(74)92)57-34-40-82-72(46-57)66-26-14-18-30-78(66)90(82)62-23-11-8-12-24-62/h7-55,75,85H,1-6H3. The summed E-state index contributed by atoms with van der Waals surface area (Å²) in [7, 11) is 0. The maximum atomic E-state index is 7.38. The first-order chi connectivity index (χ1) is 45.6. The Morgan fingerprint density at radius 2 is 0.710 bits per heavy atom. The molecule has 5 heterocycles. The lowest BCUT2D eigenvalue weighted by molar-refractivity contribution is 0.247. The predicted octanol–water partition coefficient (Wildman–Crippen LogP) is 21.6. The van der Waals surface area contributed by atoms with E-state index in [1.165, 1.54) is 137 Å². The largest absolute Gasteiger partial charge is 0.487 e. The van der Waals surface area contributed by atoms with E-state index < -0.39 is 0 Å². The Morgan fingerprint density at radius 3 is 1.13 bits per heavy atom. The van der Waals surface area contributed by atoms with Crippen molar-refractivity contribution in [3.63, 3.8) is 0 Å². The van der Waals surface area contributed by atoms with Crippen molar-refractivity contribution in [1.29, 1.82) is 0 Å². The van der Waals surface area contributed by atoms with Crippen LogP contribution in [0.3, 0.4) is 0 Å². The SMILES string of the molecule is CC(C)c1cc(C(C)C)c(B2c3cc(-n4c5ccccc5c5cc(-c6ccc7c(c6)c6ccccc6n7-c6ccccc6)ccc54)ccc3OC3C=CC(n4c5ccccc5c5cc(-c6ccc7c(c6)c6ccccc6n7-c6ccccc6)ccc54)=CC23)c(C(C)C)c1. The van der Waals surface area contributed by atoms with Crippen molar-refractivity contribution >= 4 is 111 Å². The fourth-order valence-corrected chi connectivity index (χ4v) is 16.2. The zero-order valence-electron chi connectivity index (χ0n) is 53.2. The first kappa shape index (κ1) is 55.1. The lowest BCUT2D eigenvalue weighted by Crippen LogP contribution is -2.56. The predicted molar refractivity (Wildman–Crippen MR) is 395 cm³/mol. The van der Waals surface area contributed by atoms with Crippen molar-refractivity contribution in [2.75, 3.05) is 0 Å². The highest BCUT2D eigenvalue weighted by molar-refractivity contribution is 6.88. The van der Waals surface area contributed by atoms with Gasteiger partial charge in [0.2, 0.25) is 6.71 Å². The molecule has 5 nitrogen and oxygen atoms in total. The molecule has 93 heavy (non-hydrogen) atoms. The summed E-state index contributed by atoms with van der Waals surface area (Å²) in [6.07, 6.45) is 7.07. The van der Waals surface area contributed by atoms with E-state index >= 15 is 0 Å². The number of rotatable bonds is 10. The van der Waals surface area contributed by atoms with Gasteiger partial charge in [0, 0.05) is 71.7 Å². The van der Waals surface area contributed by atoms with Crippen LogP contribution >= 0.6 is 0 Å². The van der Waals surface area contributed by atoms with Gasteiger partial charge in [-0.25, -0.2) is 0 Å². The van der Waals surface area contributed by atoms with Gasteiger partial charge in [-0.15, -0.1) is 0 Å². The molecule has 2 aliphatic rings. The third kappa shape index (κ3) is 8.61. The topological polar surface area (TPSA) is 28.9 Å². The van der Waals surface area contributed by atoms with Crippen LogP contribution in [0.15, 0.2) is 279 Å². The van der Waals surface area contributed by atoms with E-state index in [9.17, 15) is 0 Å². The molecule has 0 fully saturated rings. The van der Waals surface area contributed by atoms with Crippen LogP contribution < -0.4 is 15.7 Å². The van der Waals surface area contributed by atoms with Gasteiger partial charge >= 0.3 is 0 Å². The molecule has 6 heteroatoms. The number of nitrogens with zero attached hydrogens (tertiary/aromatic N) is 4. The van der Waals surface area contributed by atoms with Crippen molar-refractivity contribution in [3.05, 3.63) is 296 Å². The first-order valence-corrected chi connectivity index (χ1v) is 33.3. The normalized spacial score (nSPS) is 14.9. The zero-order chi connectivity index (χ0) is 62.3. The average Bonchev–Trinajstić information content (AvgIpc) is 1.21. The van der Waals surface area contributed by atoms with E-state index in [1.807, 2.05) is 0 Å². The molecule has 446 valence electrons. The molecule has 18 rings (SSSR count). The van der Waals surface area contributed by atoms with Gasteiger partial charge in [-0.05, 0) is 190 Å². The summed E-state index contributed by atoms with van der Waals surface area (Å²) in [5.74, 6) is 1.88. The van der Waals surface area contributed by atoms with Crippen molar-refractivity contribution in [3.8, 4) is 45.1 Å². The summed E-state index contributed by atoms with van der Waals surface area (Å²) >= 11 is 0. The van der Waals surface area contributed by atoms with Gasteiger partial charge in [0.1, 0.15) is 11.9 Å². The Labute approximate surface area is 542 Å². The second kappa shape index (κ2) is 21.4. The number of aromatic nitrogens is 4. The summed E-state index contributed by atoms with van der Waals surface area (Å²) < 4.78 is 17.2. The van der Waals surface area contributed by atoms with E-state index in [4.69, 9.17) is 4.74 Å². The van der Waals surface area contributed by atoms with Crippen molar-refractivity contribution < 1.29 is 4.74 Å². The molecule has 1 aliphatic heterocycles. The number of para-hydroxylation sites is 6. The lowest BCUT2D eigenvalue weighted by atomic mass is 9.29. The summed E-state index contributed by atoms with van der Waals surface area (Å²) in [6.45, 7) is 14.2. The Kier molecular flexibility index (Phi) is 12.7. The molecule has 0 saturated carbocycles. The third-order valence-corrected chi connectivity index (χ3v) is 20.6. The first-order valence-electron chi connectivity index (χ1n) is 33.3. The van der Waals surface area contributed by atoms with Crippen LogP contribution in [0.2, 0.25) is 5.82 Å². The third-order valence-electron chi connectivity index (χ3n) is 20.6. The lowest BCUT2D eigenvalue weighted by Gasteiger charge is -2.40. The van der Waals surface area contributed by atoms with Gasteiger partial charge < -0.3 is 23.0 Å². The second-order valence-electron chi connectivity index (χ2n) is 26.9. The Morgan fingerprint density at radius 1 is 0.333 bits per heavy atom. The van der Waals surface area contributed by atoms with Crippen LogP contribution in [-0.2, 0) is 0 Å². The van der Waals surface area contributed by atoms with Gasteiger partial charge in [-0.3, -0.25) is 0 Å². The molecule has 12 aromatic carbocycles. The van der Waals surface area contributed by atoms with E-state index in [0.717, 1.165) is 28.5 Å². The van der Waals surface area contributed by atoms with Crippen LogP contribution in [-0.4, -0.2) is 31.1 Å². The number of allylic oxidation sites excluding steroid dienone is 2. The van der Waals surface area contributed by atoms with Crippen LogP contribution in [0.4, 0.5) is 0 Å². The quantitative estimate of drug-likeness (QED) is 0.125. The fourth-order valence-electron chi connectivity index (χ4n) is 16.2. The fraction of sp³-hybridized carbons (Fsp3) is 0.126. The summed E-state index contributed by atoms with van der Waals surface area (Å²) in [5.41, 5.74) is 25.9. The summed E-state index contributed by atoms with van der Waals surface area (Å²) in [5, 5.41) is 9.92. The number of benzene rings is 12. The van der Waals surface area contributed by atoms with Crippen molar-refractivity contribution in [2.24, 2.45) is 0 Å². The molecular formula is C87H69BN4O.